The molecule has 0 aromatic heterocycles. The highest BCUT2D eigenvalue weighted by molar-refractivity contribution is 7.54. The van der Waals surface area contributed by atoms with E-state index in [2.05, 4.69) is 6.07 Å². The van der Waals surface area contributed by atoms with E-state index in [1.165, 1.54) is 0 Å². The predicted octanol–water partition coefficient (Wildman–Crippen LogP) is 6.03. The van der Waals surface area contributed by atoms with Crippen LogP contribution in [0.15, 0.2) is 54.6 Å². The van der Waals surface area contributed by atoms with Gasteiger partial charge >= 0.3 is 7.60 Å². The lowest BCUT2D eigenvalue weighted by Gasteiger charge is -2.16. The van der Waals surface area contributed by atoms with Crippen LogP contribution in [0.2, 0.25) is 0 Å². The third kappa shape index (κ3) is 7.97. The normalized spacial score (nSPS) is 11.4. The highest BCUT2D eigenvalue weighted by Gasteiger charge is 2.26. The fraction of sp³-hybridized carbons (Fsp3) is 0.409. The fourth-order valence-corrected chi connectivity index (χ4v) is 4.49. The van der Waals surface area contributed by atoms with Gasteiger partial charge in [0.05, 0.1) is 13.2 Å². The fourth-order valence-electron chi connectivity index (χ4n) is 2.86. The van der Waals surface area contributed by atoms with Gasteiger partial charge in [-0.25, -0.2) is 0 Å². The molecule has 2 aromatic rings. The second-order valence-corrected chi connectivity index (χ2v) is 8.47. The largest absolute Gasteiger partial charge is 0.457 e. The highest BCUT2D eigenvalue weighted by atomic mass is 31.2. The number of Topliss-reactive ketones (excluding diaryl/α,β-unsaturated/α-hetero) is 1. The number of unbranched alkanes of at least 4 members (excludes halogenated alkanes) is 1. The monoisotopic (exact) mass is 404 g/mol. The number of ketones is 1. The van der Waals surface area contributed by atoms with Gasteiger partial charge in [0, 0.05) is 6.42 Å². The Balaban J connectivity index is 1.76. The Bertz CT molecular complexity index is 766. The molecule has 0 spiro atoms. The topological polar surface area (TPSA) is 61.8 Å². The van der Waals surface area contributed by atoms with Gasteiger partial charge in [0.1, 0.15) is 23.4 Å². The first-order valence-electron chi connectivity index (χ1n) is 9.76. The molecule has 0 N–H and O–H groups in total. The number of carbonyl (C=O) groups is 1. The number of rotatable bonds is 13. The second kappa shape index (κ2) is 11.8. The minimum absolute atomic E-state index is 0.0774. The van der Waals surface area contributed by atoms with Crippen molar-refractivity contribution in [2.45, 2.75) is 39.5 Å². The molecule has 0 aliphatic rings. The van der Waals surface area contributed by atoms with Crippen molar-refractivity contribution >= 4 is 13.4 Å². The lowest BCUT2D eigenvalue weighted by Crippen LogP contribution is -2.10. The van der Waals surface area contributed by atoms with Gasteiger partial charge in [-0.15, -0.1) is 0 Å². The number of hydrogen-bond donors (Lipinski definition) is 0. The Morgan fingerprint density at radius 3 is 2.25 bits per heavy atom. The van der Waals surface area contributed by atoms with Crippen LogP contribution in [0.5, 0.6) is 11.5 Å². The van der Waals surface area contributed by atoms with Crippen molar-refractivity contribution < 1.29 is 23.1 Å². The summed E-state index contributed by atoms with van der Waals surface area (Å²) in [5.74, 6) is 1.53. The molecule has 28 heavy (non-hydrogen) atoms. The molecule has 152 valence electrons. The Kier molecular flexibility index (Phi) is 9.42. The summed E-state index contributed by atoms with van der Waals surface area (Å²) in [6.07, 6.45) is 2.70. The summed E-state index contributed by atoms with van der Waals surface area (Å²) in [4.78, 5) is 12.1. The average molecular weight is 404 g/mol. The van der Waals surface area contributed by atoms with Crippen LogP contribution in [0.3, 0.4) is 0 Å². The molecule has 0 bridgehead atoms. The smallest absolute Gasteiger partial charge is 0.338 e. The van der Waals surface area contributed by atoms with E-state index >= 15 is 0 Å². The van der Waals surface area contributed by atoms with Crippen molar-refractivity contribution in [1.29, 1.82) is 0 Å². The maximum atomic E-state index is 12.4. The maximum absolute atomic E-state index is 12.4. The highest BCUT2D eigenvalue weighted by Crippen LogP contribution is 2.48. The van der Waals surface area contributed by atoms with Crippen LogP contribution in [0.25, 0.3) is 0 Å². The van der Waals surface area contributed by atoms with E-state index in [4.69, 9.17) is 13.8 Å². The summed E-state index contributed by atoms with van der Waals surface area (Å²) >= 11 is 0. The molecule has 2 rings (SSSR count). The number of hydrogen-bond acceptors (Lipinski definition) is 5. The molecule has 0 saturated carbocycles. The van der Waals surface area contributed by atoms with Gasteiger partial charge in [-0.3, -0.25) is 9.36 Å². The van der Waals surface area contributed by atoms with Gasteiger partial charge in [0.2, 0.25) is 0 Å². The van der Waals surface area contributed by atoms with E-state index in [-0.39, 0.29) is 25.2 Å². The number of aryl methyl sites for hydroxylation is 1. The number of para-hydroxylation sites is 1. The van der Waals surface area contributed by atoms with Crippen molar-refractivity contribution in [3.05, 3.63) is 60.2 Å². The molecule has 0 unspecified atom stereocenters. The first-order valence-corrected chi connectivity index (χ1v) is 11.5. The molecular weight excluding hydrogens is 375 g/mol. The molecule has 0 radical (unpaired) electrons. The quantitative estimate of drug-likeness (QED) is 0.301. The molecule has 0 aliphatic heterocycles. The van der Waals surface area contributed by atoms with Gasteiger partial charge < -0.3 is 13.8 Å². The molecule has 0 saturated heterocycles. The summed E-state index contributed by atoms with van der Waals surface area (Å²) in [5.41, 5.74) is 1.16. The van der Waals surface area contributed by atoms with Crippen LogP contribution in [0, 0.1) is 0 Å². The molecule has 0 atom stereocenters. The first kappa shape index (κ1) is 22.4. The van der Waals surface area contributed by atoms with Crippen LogP contribution in [0.1, 0.15) is 38.7 Å². The van der Waals surface area contributed by atoms with Crippen molar-refractivity contribution in [2.24, 2.45) is 0 Å². The van der Waals surface area contributed by atoms with Gasteiger partial charge in [0.25, 0.3) is 0 Å². The molecule has 0 fully saturated rings. The standard InChI is InChI=1S/C22H29O5P/c1-3-25-28(24,26-4-2)18-20(23)13-9-8-11-19-12-10-16-22(17-19)27-21-14-6-5-7-15-21/h5-7,10,12,14-17H,3-4,8-9,11,13,18H2,1-2H3. The van der Waals surface area contributed by atoms with Gasteiger partial charge in [0.15, 0.2) is 0 Å². The zero-order valence-corrected chi connectivity index (χ0v) is 17.5. The van der Waals surface area contributed by atoms with Crippen LogP contribution in [0.4, 0.5) is 0 Å². The second-order valence-electron chi connectivity index (χ2n) is 6.41. The molecule has 0 aliphatic carbocycles. The maximum Gasteiger partial charge on any atom is 0.338 e. The predicted molar refractivity (Wildman–Crippen MR) is 111 cm³/mol. The van der Waals surface area contributed by atoms with Crippen molar-refractivity contribution in [3.63, 3.8) is 0 Å². The Labute approximate surface area is 167 Å². The Morgan fingerprint density at radius 1 is 0.893 bits per heavy atom. The summed E-state index contributed by atoms with van der Waals surface area (Å²) in [6, 6.07) is 17.6. The summed E-state index contributed by atoms with van der Waals surface area (Å²) < 4.78 is 28.6. The van der Waals surface area contributed by atoms with Crippen LogP contribution >= 0.6 is 7.60 Å². The van der Waals surface area contributed by atoms with Crippen LogP contribution in [-0.2, 0) is 24.8 Å². The molecule has 6 heteroatoms. The van der Waals surface area contributed by atoms with E-state index in [0.717, 1.165) is 36.3 Å². The zero-order chi connectivity index (χ0) is 20.2. The Hall–Kier alpha value is -1.94. The van der Waals surface area contributed by atoms with Gasteiger partial charge in [-0.05, 0) is 62.9 Å². The van der Waals surface area contributed by atoms with E-state index in [0.29, 0.717) is 6.42 Å². The third-order valence-corrected chi connectivity index (χ3v) is 6.11. The van der Waals surface area contributed by atoms with Crippen molar-refractivity contribution in [3.8, 4) is 11.5 Å². The summed E-state index contributed by atoms with van der Waals surface area (Å²) in [6.45, 7) is 4.02. The molecule has 2 aromatic carbocycles. The van der Waals surface area contributed by atoms with Gasteiger partial charge in [-0.2, -0.15) is 0 Å². The number of ether oxygens (including phenoxy) is 1. The molecule has 0 heterocycles. The number of benzene rings is 2. The summed E-state index contributed by atoms with van der Waals surface area (Å²) in [5, 5.41) is 0. The lowest BCUT2D eigenvalue weighted by molar-refractivity contribution is -0.117. The SMILES string of the molecule is CCOP(=O)(CC(=O)CCCCc1cccc(Oc2ccccc2)c1)OCC. The van der Waals surface area contributed by atoms with Gasteiger partial charge in [-0.1, -0.05) is 30.3 Å². The summed E-state index contributed by atoms with van der Waals surface area (Å²) in [7, 11) is -3.29. The lowest BCUT2D eigenvalue weighted by atomic mass is 10.1. The minimum Gasteiger partial charge on any atom is -0.457 e. The molecular formula is C22H29O5P. The Morgan fingerprint density at radius 2 is 1.57 bits per heavy atom. The number of carbonyl (C=O) groups excluding carboxylic acids is 1. The van der Waals surface area contributed by atoms with Crippen molar-refractivity contribution in [2.75, 3.05) is 19.4 Å². The minimum atomic E-state index is -3.29. The zero-order valence-electron chi connectivity index (χ0n) is 16.6. The molecule has 0 amide bonds. The first-order chi connectivity index (χ1) is 13.5. The van der Waals surface area contributed by atoms with Crippen LogP contribution in [-0.4, -0.2) is 25.2 Å². The van der Waals surface area contributed by atoms with E-state index in [1.54, 1.807) is 13.8 Å². The third-order valence-electron chi connectivity index (χ3n) is 4.07. The van der Waals surface area contributed by atoms with Crippen LogP contribution < -0.4 is 4.74 Å². The van der Waals surface area contributed by atoms with E-state index in [1.807, 2.05) is 48.5 Å². The van der Waals surface area contributed by atoms with Crippen molar-refractivity contribution in [1.82, 2.24) is 0 Å². The average Bonchev–Trinajstić information content (AvgIpc) is 2.66. The van der Waals surface area contributed by atoms with E-state index in [9.17, 15) is 9.36 Å². The molecule has 5 nitrogen and oxygen atoms in total. The van der Waals surface area contributed by atoms with E-state index < -0.39 is 7.60 Å².